The number of nitrogens with zero attached hydrogens (tertiary/aromatic N) is 3. The van der Waals surface area contributed by atoms with Crippen LogP contribution in [0.5, 0.6) is 0 Å². The molecule has 0 unspecified atom stereocenters. The number of aromatic nitrogens is 2. The highest BCUT2D eigenvalue weighted by molar-refractivity contribution is 8.26. The Bertz CT molecular complexity index is 1530. The van der Waals surface area contributed by atoms with E-state index in [0.29, 0.717) is 17.0 Å². The number of anilines is 1. The number of halogens is 6. The van der Waals surface area contributed by atoms with Crippen molar-refractivity contribution in [3.05, 3.63) is 56.2 Å². The van der Waals surface area contributed by atoms with Gasteiger partial charge in [-0.25, -0.2) is 4.63 Å². The molecule has 3 aromatic rings. The van der Waals surface area contributed by atoms with Crippen molar-refractivity contribution < 1.29 is 50.5 Å². The summed E-state index contributed by atoms with van der Waals surface area (Å²) < 4.78 is 83.9. The first-order valence-corrected chi connectivity index (χ1v) is 13.2. The standard InChI is InChI=1S/C23H14F6N4O5S3/c24-22(25,26)12-3-10(4-13(6-12)23(27,28)29)11-5-14(40-9-11)7-16-20(37)33(21(39)41-16)2-1-17(34)30-19-15(8-18(35)36)31-38-32-19/h3-7,9H,1-2,8H2,(H,35,36)(H,30,32,34)/b16-7-. The molecule has 2 amide bonds. The van der Waals surface area contributed by atoms with Crippen molar-refractivity contribution in [2.45, 2.75) is 25.2 Å². The number of alkyl halides is 6. The van der Waals surface area contributed by atoms with Crippen LogP contribution in [-0.4, -0.2) is 49.0 Å². The second kappa shape index (κ2) is 11.6. The summed E-state index contributed by atoms with van der Waals surface area (Å²) in [5.41, 5.74) is -3.20. The number of hydrogen-bond donors (Lipinski definition) is 2. The summed E-state index contributed by atoms with van der Waals surface area (Å²) in [7, 11) is 0. The fraction of sp³-hybridized carbons (Fsp3) is 0.217. The third-order valence-electron chi connectivity index (χ3n) is 5.38. The molecule has 0 aliphatic carbocycles. The molecule has 9 nitrogen and oxygen atoms in total. The minimum absolute atomic E-state index is 0.0416. The molecular formula is C23H14F6N4O5S3. The molecule has 216 valence electrons. The van der Waals surface area contributed by atoms with E-state index in [9.17, 15) is 40.7 Å². The summed E-state index contributed by atoms with van der Waals surface area (Å²) in [4.78, 5) is 37.7. The van der Waals surface area contributed by atoms with E-state index in [1.54, 1.807) is 0 Å². The van der Waals surface area contributed by atoms with Gasteiger partial charge in [0.2, 0.25) is 11.7 Å². The molecular weight excluding hydrogens is 622 g/mol. The Labute approximate surface area is 239 Å². The van der Waals surface area contributed by atoms with Crippen LogP contribution in [0.4, 0.5) is 32.2 Å². The zero-order valence-electron chi connectivity index (χ0n) is 20.0. The summed E-state index contributed by atoms with van der Waals surface area (Å²) in [5, 5.41) is 19.4. The molecule has 2 N–H and O–H groups in total. The van der Waals surface area contributed by atoms with Gasteiger partial charge in [-0.15, -0.1) is 11.3 Å². The minimum atomic E-state index is -4.99. The van der Waals surface area contributed by atoms with Gasteiger partial charge < -0.3 is 10.4 Å². The van der Waals surface area contributed by atoms with Gasteiger partial charge in [-0.2, -0.15) is 26.3 Å². The normalized spacial score (nSPS) is 15.2. The number of aliphatic carboxylic acids is 1. The summed E-state index contributed by atoms with van der Waals surface area (Å²) >= 11 is 7.11. The number of thioether (sulfide) groups is 1. The summed E-state index contributed by atoms with van der Waals surface area (Å²) in [6, 6.07) is 2.62. The van der Waals surface area contributed by atoms with Crippen molar-refractivity contribution >= 4 is 69.3 Å². The van der Waals surface area contributed by atoms with Crippen molar-refractivity contribution in [3.63, 3.8) is 0 Å². The van der Waals surface area contributed by atoms with Crippen LogP contribution < -0.4 is 5.32 Å². The predicted molar refractivity (Wildman–Crippen MR) is 139 cm³/mol. The molecule has 41 heavy (non-hydrogen) atoms. The zero-order chi connectivity index (χ0) is 30.1. The minimum Gasteiger partial charge on any atom is -0.481 e. The van der Waals surface area contributed by atoms with Gasteiger partial charge in [0.15, 0.2) is 0 Å². The van der Waals surface area contributed by atoms with E-state index in [1.807, 2.05) is 0 Å². The first kappa shape index (κ1) is 30.2. The third kappa shape index (κ3) is 7.31. The van der Waals surface area contributed by atoms with Gasteiger partial charge >= 0.3 is 18.3 Å². The Morgan fingerprint density at radius 3 is 2.32 bits per heavy atom. The van der Waals surface area contributed by atoms with Crippen molar-refractivity contribution in [3.8, 4) is 11.1 Å². The maximum Gasteiger partial charge on any atom is 0.416 e. The molecule has 0 spiro atoms. The number of carboxylic acid groups (broad SMARTS) is 1. The maximum atomic E-state index is 13.2. The summed E-state index contributed by atoms with van der Waals surface area (Å²) in [6.07, 6.45) is -9.39. The third-order valence-corrected chi connectivity index (χ3v) is 7.64. The van der Waals surface area contributed by atoms with E-state index in [2.05, 4.69) is 20.3 Å². The van der Waals surface area contributed by atoms with E-state index in [-0.39, 0.29) is 50.9 Å². The van der Waals surface area contributed by atoms with Crippen LogP contribution in [0.2, 0.25) is 0 Å². The van der Waals surface area contributed by atoms with E-state index in [0.717, 1.165) is 28.0 Å². The molecule has 18 heteroatoms. The molecule has 1 aliphatic heterocycles. The first-order valence-electron chi connectivity index (χ1n) is 11.1. The van der Waals surface area contributed by atoms with Crippen LogP contribution in [0, 0.1) is 0 Å². The molecule has 1 aromatic carbocycles. The second-order valence-electron chi connectivity index (χ2n) is 8.29. The summed E-state index contributed by atoms with van der Waals surface area (Å²) in [5.74, 6) is -2.60. The molecule has 3 heterocycles. The van der Waals surface area contributed by atoms with Gasteiger partial charge in [0, 0.05) is 17.8 Å². The Morgan fingerprint density at radius 1 is 1.05 bits per heavy atom. The molecule has 1 fully saturated rings. The van der Waals surface area contributed by atoms with E-state index < -0.39 is 47.7 Å². The molecule has 0 atom stereocenters. The first-order chi connectivity index (χ1) is 19.1. The molecule has 0 saturated carbocycles. The van der Waals surface area contributed by atoms with E-state index in [1.165, 1.54) is 17.5 Å². The zero-order valence-corrected chi connectivity index (χ0v) is 22.4. The molecule has 1 saturated heterocycles. The number of carbonyl (C=O) groups excluding carboxylic acids is 2. The maximum absolute atomic E-state index is 13.2. The van der Waals surface area contributed by atoms with Gasteiger partial charge in [0.05, 0.1) is 22.5 Å². The Hall–Kier alpha value is -3.77. The molecule has 1 aliphatic rings. The van der Waals surface area contributed by atoms with Crippen LogP contribution >= 0.6 is 35.3 Å². The number of benzene rings is 1. The average Bonchev–Trinajstić information content (AvgIpc) is 3.57. The summed E-state index contributed by atoms with van der Waals surface area (Å²) in [6.45, 7) is -0.145. The number of hydrogen-bond acceptors (Lipinski definition) is 9. The lowest BCUT2D eigenvalue weighted by Gasteiger charge is -2.13. The smallest absolute Gasteiger partial charge is 0.416 e. The Balaban J connectivity index is 1.46. The molecule has 2 aromatic heterocycles. The van der Waals surface area contributed by atoms with Gasteiger partial charge in [0.25, 0.3) is 5.91 Å². The van der Waals surface area contributed by atoms with Gasteiger partial charge in [-0.05, 0) is 52.0 Å². The second-order valence-corrected chi connectivity index (χ2v) is 10.9. The van der Waals surface area contributed by atoms with Crippen LogP contribution in [0.25, 0.3) is 17.2 Å². The monoisotopic (exact) mass is 636 g/mol. The van der Waals surface area contributed by atoms with Gasteiger partial charge in [-0.1, -0.05) is 29.1 Å². The van der Waals surface area contributed by atoms with E-state index >= 15 is 0 Å². The lowest BCUT2D eigenvalue weighted by atomic mass is 10.0. The number of carboxylic acids is 1. The van der Waals surface area contributed by atoms with Crippen LogP contribution in [-0.2, 0) is 33.2 Å². The van der Waals surface area contributed by atoms with Gasteiger partial charge in [-0.3, -0.25) is 19.3 Å². The number of rotatable bonds is 8. The lowest BCUT2D eigenvalue weighted by Crippen LogP contribution is -2.31. The van der Waals surface area contributed by atoms with Crippen LogP contribution in [0.1, 0.15) is 28.1 Å². The molecule has 0 bridgehead atoms. The number of thiophene rings is 1. The predicted octanol–water partition coefficient (Wildman–Crippen LogP) is 5.69. The Morgan fingerprint density at radius 2 is 1.71 bits per heavy atom. The topological polar surface area (TPSA) is 126 Å². The van der Waals surface area contributed by atoms with Crippen LogP contribution in [0.15, 0.2) is 39.2 Å². The van der Waals surface area contributed by atoms with Gasteiger partial charge in [0.1, 0.15) is 10.0 Å². The molecule has 4 rings (SSSR count). The van der Waals surface area contributed by atoms with Crippen molar-refractivity contribution in [2.75, 3.05) is 11.9 Å². The van der Waals surface area contributed by atoms with Crippen molar-refractivity contribution in [2.24, 2.45) is 0 Å². The highest BCUT2D eigenvalue weighted by Crippen LogP contribution is 2.40. The highest BCUT2D eigenvalue weighted by Gasteiger charge is 2.37. The SMILES string of the molecule is O=C(O)Cc1nonc1NC(=O)CCN1C(=O)/C(=C/c2cc(-c3cc(C(F)(F)F)cc(C(F)(F)F)c3)cs2)SC1=S. The number of nitrogens with one attached hydrogen (secondary N) is 1. The fourth-order valence-corrected chi connectivity index (χ4v) is 5.71. The largest absolute Gasteiger partial charge is 0.481 e. The average molecular weight is 637 g/mol. The molecule has 0 radical (unpaired) electrons. The number of thiocarbonyl (C=S) groups is 1. The highest BCUT2D eigenvalue weighted by atomic mass is 32.2. The van der Waals surface area contributed by atoms with Crippen molar-refractivity contribution in [1.82, 2.24) is 15.2 Å². The fourth-order valence-electron chi connectivity index (χ4n) is 3.49. The Kier molecular flexibility index (Phi) is 8.55. The lowest BCUT2D eigenvalue weighted by molar-refractivity contribution is -0.143. The van der Waals surface area contributed by atoms with E-state index in [4.69, 9.17) is 17.3 Å². The number of amides is 2. The van der Waals surface area contributed by atoms with Crippen molar-refractivity contribution in [1.29, 1.82) is 0 Å². The number of carbonyl (C=O) groups is 3. The van der Waals surface area contributed by atoms with Crippen LogP contribution in [0.3, 0.4) is 0 Å². The quantitative estimate of drug-likeness (QED) is 0.182.